The number of furan rings is 1. The molecule has 2 aromatic heterocycles. The van der Waals surface area contributed by atoms with Crippen molar-refractivity contribution in [2.45, 2.75) is 19.5 Å². The number of rotatable bonds is 5. The third kappa shape index (κ3) is 3.04. The fraction of sp³-hybridized carbons (Fsp3) is 0.267. The molecule has 0 aliphatic rings. The van der Waals surface area contributed by atoms with Gasteiger partial charge in [-0.25, -0.2) is 0 Å². The maximum absolute atomic E-state index is 8.88. The highest BCUT2D eigenvalue weighted by atomic mass is 35.5. The van der Waals surface area contributed by atoms with Gasteiger partial charge < -0.3 is 14.8 Å². The number of aliphatic hydroxyl groups excluding tert-OH is 1. The van der Waals surface area contributed by atoms with Gasteiger partial charge in [0, 0.05) is 16.6 Å². The zero-order valence-corrected chi connectivity index (χ0v) is 12.3. The summed E-state index contributed by atoms with van der Waals surface area (Å²) in [5, 5.41) is 18.0. The monoisotopic (exact) mass is 305 g/mol. The molecule has 0 amide bonds. The van der Waals surface area contributed by atoms with Crippen molar-refractivity contribution >= 4 is 28.3 Å². The molecule has 3 rings (SSSR count). The first-order valence-electron chi connectivity index (χ1n) is 6.74. The lowest BCUT2D eigenvalue weighted by Crippen LogP contribution is -2.05. The minimum absolute atomic E-state index is 0.00273. The van der Waals surface area contributed by atoms with E-state index in [1.54, 1.807) is 10.9 Å². The van der Waals surface area contributed by atoms with Gasteiger partial charge in [0.05, 0.1) is 31.1 Å². The first-order valence-corrected chi connectivity index (χ1v) is 7.12. The Morgan fingerprint density at radius 2 is 2.29 bits per heavy atom. The lowest BCUT2D eigenvalue weighted by atomic mass is 10.2. The minimum atomic E-state index is 0.00273. The Balaban J connectivity index is 1.77. The van der Waals surface area contributed by atoms with Gasteiger partial charge >= 0.3 is 0 Å². The molecule has 0 spiro atoms. The highest BCUT2D eigenvalue weighted by molar-refractivity contribution is 6.31. The van der Waals surface area contributed by atoms with Gasteiger partial charge in [-0.1, -0.05) is 11.6 Å². The van der Waals surface area contributed by atoms with Gasteiger partial charge in [0.15, 0.2) is 0 Å². The van der Waals surface area contributed by atoms with E-state index in [1.165, 1.54) is 0 Å². The number of halogens is 1. The molecule has 5 nitrogen and oxygen atoms in total. The highest BCUT2D eigenvalue weighted by Crippen LogP contribution is 2.28. The van der Waals surface area contributed by atoms with Crippen LogP contribution >= 0.6 is 11.6 Å². The van der Waals surface area contributed by atoms with Gasteiger partial charge in [0.25, 0.3) is 0 Å². The lowest BCUT2D eigenvalue weighted by Gasteiger charge is -2.10. The van der Waals surface area contributed by atoms with Crippen LogP contribution in [0.25, 0.3) is 11.0 Å². The molecule has 21 heavy (non-hydrogen) atoms. The standard InChI is InChI=1S/C15H16ClN3O2/c1-10(18-13-8-17-19(9-13)4-5-20)15-7-11-6-12(16)2-3-14(11)21-15/h2-3,6-10,18,20H,4-5H2,1H3. The van der Waals surface area contributed by atoms with E-state index >= 15 is 0 Å². The summed E-state index contributed by atoms with van der Waals surface area (Å²) in [6, 6.07) is 7.55. The number of aliphatic hydroxyl groups is 1. The number of benzene rings is 1. The molecule has 0 aliphatic heterocycles. The fourth-order valence-electron chi connectivity index (χ4n) is 2.23. The van der Waals surface area contributed by atoms with E-state index in [0.717, 1.165) is 22.4 Å². The molecule has 0 fully saturated rings. The van der Waals surface area contributed by atoms with E-state index in [4.69, 9.17) is 21.1 Å². The van der Waals surface area contributed by atoms with Crippen LogP contribution in [-0.2, 0) is 6.54 Å². The van der Waals surface area contributed by atoms with Crippen molar-refractivity contribution in [3.63, 3.8) is 0 Å². The van der Waals surface area contributed by atoms with Gasteiger partial charge in [-0.2, -0.15) is 5.10 Å². The summed E-state index contributed by atoms with van der Waals surface area (Å²) in [5.74, 6) is 0.835. The van der Waals surface area contributed by atoms with Crippen LogP contribution in [0.15, 0.2) is 41.1 Å². The van der Waals surface area contributed by atoms with Gasteiger partial charge in [0.1, 0.15) is 11.3 Å². The van der Waals surface area contributed by atoms with Crippen molar-refractivity contribution in [1.82, 2.24) is 9.78 Å². The van der Waals surface area contributed by atoms with Gasteiger partial charge in [-0.05, 0) is 31.2 Å². The minimum Gasteiger partial charge on any atom is -0.459 e. The molecule has 0 bridgehead atoms. The molecular weight excluding hydrogens is 290 g/mol. The molecule has 2 heterocycles. The molecular formula is C15H16ClN3O2. The third-order valence-corrected chi connectivity index (χ3v) is 3.50. The molecule has 0 saturated carbocycles. The first kappa shape index (κ1) is 14.0. The van der Waals surface area contributed by atoms with Crippen LogP contribution < -0.4 is 5.32 Å². The van der Waals surface area contributed by atoms with Crippen LogP contribution in [0.3, 0.4) is 0 Å². The first-order chi connectivity index (χ1) is 10.2. The van der Waals surface area contributed by atoms with E-state index in [9.17, 15) is 0 Å². The Morgan fingerprint density at radius 1 is 1.43 bits per heavy atom. The van der Waals surface area contributed by atoms with E-state index in [2.05, 4.69) is 10.4 Å². The van der Waals surface area contributed by atoms with Crippen LogP contribution in [0.5, 0.6) is 0 Å². The molecule has 0 radical (unpaired) electrons. The normalized spacial score (nSPS) is 12.7. The Labute approximate surface area is 127 Å². The van der Waals surface area contributed by atoms with E-state index in [1.807, 2.05) is 37.4 Å². The third-order valence-electron chi connectivity index (χ3n) is 3.27. The highest BCUT2D eigenvalue weighted by Gasteiger charge is 2.12. The summed E-state index contributed by atoms with van der Waals surface area (Å²) in [7, 11) is 0. The van der Waals surface area contributed by atoms with Crippen molar-refractivity contribution < 1.29 is 9.52 Å². The molecule has 3 aromatic rings. The maximum Gasteiger partial charge on any atom is 0.134 e. The van der Waals surface area contributed by atoms with Gasteiger partial charge in [-0.3, -0.25) is 4.68 Å². The predicted molar refractivity (Wildman–Crippen MR) is 82.6 cm³/mol. The van der Waals surface area contributed by atoms with Crippen LogP contribution in [0.2, 0.25) is 5.02 Å². The molecule has 0 aliphatic carbocycles. The number of aromatic nitrogens is 2. The molecule has 2 N–H and O–H groups in total. The Bertz CT molecular complexity index is 750. The second-order valence-electron chi connectivity index (χ2n) is 4.91. The smallest absolute Gasteiger partial charge is 0.134 e. The van der Waals surface area contributed by atoms with Crippen molar-refractivity contribution in [1.29, 1.82) is 0 Å². The van der Waals surface area contributed by atoms with Crippen LogP contribution in [0.1, 0.15) is 18.7 Å². The summed E-state index contributed by atoms with van der Waals surface area (Å²) >= 11 is 5.98. The largest absolute Gasteiger partial charge is 0.459 e. The summed E-state index contributed by atoms with van der Waals surface area (Å²) in [4.78, 5) is 0. The van der Waals surface area contributed by atoms with Crippen molar-refractivity contribution in [2.24, 2.45) is 0 Å². The Kier molecular flexibility index (Phi) is 3.86. The zero-order chi connectivity index (χ0) is 14.8. The molecule has 1 aromatic carbocycles. The number of anilines is 1. The lowest BCUT2D eigenvalue weighted by molar-refractivity contribution is 0.269. The van der Waals surface area contributed by atoms with E-state index in [-0.39, 0.29) is 12.6 Å². The summed E-state index contributed by atoms with van der Waals surface area (Å²) < 4.78 is 7.51. The molecule has 1 atom stereocenters. The number of fused-ring (bicyclic) bond motifs is 1. The maximum atomic E-state index is 8.88. The van der Waals surface area contributed by atoms with Crippen molar-refractivity contribution in [2.75, 3.05) is 11.9 Å². The van der Waals surface area contributed by atoms with Crippen LogP contribution in [-0.4, -0.2) is 21.5 Å². The topological polar surface area (TPSA) is 63.2 Å². The Hall–Kier alpha value is -1.98. The van der Waals surface area contributed by atoms with Crippen molar-refractivity contribution in [3.05, 3.63) is 47.4 Å². The summed E-state index contributed by atoms with van der Waals surface area (Å²) in [5.41, 5.74) is 1.70. The summed E-state index contributed by atoms with van der Waals surface area (Å²) in [6.07, 6.45) is 3.58. The van der Waals surface area contributed by atoms with Crippen LogP contribution in [0, 0.1) is 0 Å². The van der Waals surface area contributed by atoms with E-state index < -0.39 is 0 Å². The molecule has 1 unspecified atom stereocenters. The number of hydrogen-bond acceptors (Lipinski definition) is 4. The second kappa shape index (κ2) is 5.79. The molecule has 0 saturated heterocycles. The van der Waals surface area contributed by atoms with E-state index in [0.29, 0.717) is 11.6 Å². The second-order valence-corrected chi connectivity index (χ2v) is 5.35. The van der Waals surface area contributed by atoms with Gasteiger partial charge in [-0.15, -0.1) is 0 Å². The van der Waals surface area contributed by atoms with Crippen molar-refractivity contribution in [3.8, 4) is 0 Å². The zero-order valence-electron chi connectivity index (χ0n) is 11.6. The van der Waals surface area contributed by atoms with Crippen LogP contribution in [0.4, 0.5) is 5.69 Å². The number of nitrogens with zero attached hydrogens (tertiary/aromatic N) is 2. The average Bonchev–Trinajstić information content (AvgIpc) is 3.05. The van der Waals surface area contributed by atoms with Gasteiger partial charge in [0.2, 0.25) is 0 Å². The predicted octanol–water partition coefficient (Wildman–Crippen LogP) is 3.45. The SMILES string of the molecule is CC(Nc1cnn(CCO)c1)c1cc2cc(Cl)ccc2o1. The molecule has 110 valence electrons. The average molecular weight is 306 g/mol. The molecule has 6 heteroatoms. The quantitative estimate of drug-likeness (QED) is 0.758. The Morgan fingerprint density at radius 3 is 3.10 bits per heavy atom. The fourth-order valence-corrected chi connectivity index (χ4v) is 2.41. The number of nitrogens with one attached hydrogen (secondary N) is 1. The number of hydrogen-bond donors (Lipinski definition) is 2. The summed E-state index contributed by atoms with van der Waals surface area (Å²) in [6.45, 7) is 2.57.